The Morgan fingerprint density at radius 3 is 2.69 bits per heavy atom. The molecule has 0 aliphatic rings. The number of allylic oxidation sites excluding steroid dienone is 1. The fraction of sp³-hybridized carbons (Fsp3) is 0.125. The molecule has 0 unspecified atom stereocenters. The first kappa shape index (κ1) is 21.3. The van der Waals surface area contributed by atoms with Crippen LogP contribution in [0, 0.1) is 0 Å². The highest BCUT2D eigenvalue weighted by atomic mass is 32.1. The number of hydrogen-bond acceptors (Lipinski definition) is 7. The van der Waals surface area contributed by atoms with Crippen LogP contribution in [0.3, 0.4) is 0 Å². The molecule has 2 heterocycles. The predicted molar refractivity (Wildman–Crippen MR) is 128 cm³/mol. The van der Waals surface area contributed by atoms with Crippen LogP contribution in [0.4, 0.5) is 17.3 Å². The molecule has 2 N–H and O–H groups in total. The van der Waals surface area contributed by atoms with Crippen LogP contribution in [0.15, 0.2) is 72.1 Å². The van der Waals surface area contributed by atoms with Gasteiger partial charge in [-0.2, -0.15) is 4.98 Å². The lowest BCUT2D eigenvalue weighted by Gasteiger charge is -2.11. The largest absolute Gasteiger partial charge is 0.497 e. The summed E-state index contributed by atoms with van der Waals surface area (Å²) in [5.74, 6) is 2.01. The molecule has 2 aromatic carbocycles. The van der Waals surface area contributed by atoms with E-state index in [2.05, 4.69) is 20.6 Å². The summed E-state index contributed by atoms with van der Waals surface area (Å²) in [5.41, 5.74) is 2.25. The number of carbonyl (C=O) groups excluding carboxylic acids is 1. The number of amides is 1. The summed E-state index contributed by atoms with van der Waals surface area (Å²) in [4.78, 5) is 21.1. The van der Waals surface area contributed by atoms with Crippen molar-refractivity contribution in [2.45, 2.75) is 13.3 Å². The maximum Gasteiger partial charge on any atom is 0.248 e. The van der Waals surface area contributed by atoms with E-state index in [1.165, 1.54) is 17.4 Å². The number of nitrogens with one attached hydrogen (secondary N) is 2. The number of methoxy groups -OCH3 is 1. The van der Waals surface area contributed by atoms with Crippen molar-refractivity contribution in [2.75, 3.05) is 17.7 Å². The number of hydrogen-bond donors (Lipinski definition) is 2. The van der Waals surface area contributed by atoms with Crippen LogP contribution in [-0.2, 0) is 4.79 Å². The van der Waals surface area contributed by atoms with Crippen molar-refractivity contribution >= 4 is 44.8 Å². The molecule has 1 amide bonds. The van der Waals surface area contributed by atoms with Crippen LogP contribution in [0.25, 0.3) is 10.2 Å². The molecule has 0 saturated heterocycles. The SMILES string of the molecule is CC/C=C/C(=O)Nc1cccc(Oc2nc(Nc3ccc(OC)cc3)nc3ccsc23)c1. The van der Waals surface area contributed by atoms with Crippen molar-refractivity contribution in [1.29, 1.82) is 0 Å². The number of thiophene rings is 1. The first-order chi connectivity index (χ1) is 15.6. The van der Waals surface area contributed by atoms with E-state index in [0.29, 0.717) is 23.3 Å². The van der Waals surface area contributed by atoms with Crippen molar-refractivity contribution in [3.63, 3.8) is 0 Å². The monoisotopic (exact) mass is 446 g/mol. The second-order valence-electron chi connectivity index (χ2n) is 6.77. The number of aromatic nitrogens is 2. The maximum atomic E-state index is 12.0. The number of rotatable bonds is 8. The number of benzene rings is 2. The van der Waals surface area contributed by atoms with Gasteiger partial charge in [-0.3, -0.25) is 4.79 Å². The number of nitrogens with zero attached hydrogens (tertiary/aromatic N) is 2. The molecule has 162 valence electrons. The summed E-state index contributed by atoms with van der Waals surface area (Å²) < 4.78 is 12.1. The minimum absolute atomic E-state index is 0.183. The van der Waals surface area contributed by atoms with E-state index in [-0.39, 0.29) is 5.91 Å². The molecular formula is C24H22N4O3S. The third-order valence-corrected chi connectivity index (χ3v) is 5.33. The Hall–Kier alpha value is -3.91. The Morgan fingerprint density at radius 1 is 1.06 bits per heavy atom. The molecule has 0 aliphatic heterocycles. The average molecular weight is 447 g/mol. The van der Waals surface area contributed by atoms with Crippen molar-refractivity contribution in [1.82, 2.24) is 9.97 Å². The van der Waals surface area contributed by atoms with Gasteiger partial charge in [-0.15, -0.1) is 11.3 Å². The van der Waals surface area contributed by atoms with E-state index in [0.717, 1.165) is 28.1 Å². The number of carbonyl (C=O) groups is 1. The molecular weight excluding hydrogens is 424 g/mol. The van der Waals surface area contributed by atoms with Crippen LogP contribution in [-0.4, -0.2) is 23.0 Å². The van der Waals surface area contributed by atoms with Crippen LogP contribution >= 0.6 is 11.3 Å². The summed E-state index contributed by atoms with van der Waals surface area (Å²) in [6.07, 6.45) is 4.12. The molecule has 0 atom stereocenters. The van der Waals surface area contributed by atoms with Crippen LogP contribution in [0.5, 0.6) is 17.4 Å². The van der Waals surface area contributed by atoms with Gasteiger partial charge in [0.05, 0.1) is 12.6 Å². The quantitative estimate of drug-likeness (QED) is 0.316. The van der Waals surface area contributed by atoms with Gasteiger partial charge in [-0.25, -0.2) is 4.98 Å². The number of ether oxygens (including phenoxy) is 2. The van der Waals surface area contributed by atoms with Gasteiger partial charge < -0.3 is 20.1 Å². The number of fused-ring (bicyclic) bond motifs is 1. The normalized spacial score (nSPS) is 10.9. The zero-order valence-corrected chi connectivity index (χ0v) is 18.5. The van der Waals surface area contributed by atoms with Gasteiger partial charge in [0.25, 0.3) is 0 Å². The summed E-state index contributed by atoms with van der Waals surface area (Å²) in [7, 11) is 1.63. The van der Waals surface area contributed by atoms with Crippen LogP contribution in [0.2, 0.25) is 0 Å². The molecule has 0 saturated carbocycles. The zero-order chi connectivity index (χ0) is 22.3. The van der Waals surface area contributed by atoms with E-state index in [1.54, 1.807) is 19.3 Å². The fourth-order valence-electron chi connectivity index (χ4n) is 2.92. The molecule has 0 spiro atoms. The molecule has 7 nitrogen and oxygen atoms in total. The Bertz CT molecular complexity index is 1250. The van der Waals surface area contributed by atoms with Gasteiger partial charge >= 0.3 is 0 Å². The average Bonchev–Trinajstić information content (AvgIpc) is 3.27. The number of anilines is 3. The molecule has 0 radical (unpaired) electrons. The van der Waals surface area contributed by atoms with E-state index >= 15 is 0 Å². The Balaban J connectivity index is 1.57. The van der Waals surface area contributed by atoms with Gasteiger partial charge in [-0.1, -0.05) is 19.1 Å². The maximum absolute atomic E-state index is 12.0. The lowest BCUT2D eigenvalue weighted by Crippen LogP contribution is -2.07. The standard InChI is InChI=1S/C24H22N4O3S/c1-3-4-8-21(29)25-17-6-5-7-19(15-17)31-23-22-20(13-14-32-22)27-24(28-23)26-16-9-11-18(30-2)12-10-16/h4-15H,3H2,1-2H3,(H,25,29)(H,26,27,28)/b8-4+. The third-order valence-electron chi connectivity index (χ3n) is 4.44. The van der Waals surface area contributed by atoms with Crippen molar-refractivity contribution in [2.24, 2.45) is 0 Å². The van der Waals surface area contributed by atoms with Gasteiger partial charge in [0.15, 0.2) is 0 Å². The Kier molecular flexibility index (Phi) is 6.62. The molecule has 8 heteroatoms. The summed E-state index contributed by atoms with van der Waals surface area (Å²) >= 11 is 1.50. The second kappa shape index (κ2) is 9.93. The first-order valence-electron chi connectivity index (χ1n) is 10.1. The van der Waals surface area contributed by atoms with E-state index in [9.17, 15) is 4.79 Å². The van der Waals surface area contributed by atoms with Gasteiger partial charge in [0, 0.05) is 17.4 Å². The van der Waals surface area contributed by atoms with Crippen molar-refractivity contribution < 1.29 is 14.3 Å². The third kappa shape index (κ3) is 5.22. The van der Waals surface area contributed by atoms with Gasteiger partial charge in [-0.05, 0) is 60.3 Å². The summed E-state index contributed by atoms with van der Waals surface area (Å²) in [5, 5.41) is 7.98. The molecule has 0 fully saturated rings. The van der Waals surface area contributed by atoms with Crippen molar-refractivity contribution in [3.05, 3.63) is 72.1 Å². The highest BCUT2D eigenvalue weighted by Crippen LogP contribution is 2.33. The van der Waals surface area contributed by atoms with E-state index < -0.39 is 0 Å². The topological polar surface area (TPSA) is 85.4 Å². The predicted octanol–water partition coefficient (Wildman–Crippen LogP) is 6.14. The summed E-state index contributed by atoms with van der Waals surface area (Å²) in [6, 6.07) is 16.6. The highest BCUT2D eigenvalue weighted by Gasteiger charge is 2.12. The van der Waals surface area contributed by atoms with E-state index in [4.69, 9.17) is 9.47 Å². The Morgan fingerprint density at radius 2 is 1.91 bits per heavy atom. The van der Waals surface area contributed by atoms with Gasteiger partial charge in [0.1, 0.15) is 16.2 Å². The van der Waals surface area contributed by atoms with Crippen LogP contribution in [0.1, 0.15) is 13.3 Å². The minimum Gasteiger partial charge on any atom is -0.497 e. The van der Waals surface area contributed by atoms with Gasteiger partial charge in [0.2, 0.25) is 17.7 Å². The highest BCUT2D eigenvalue weighted by molar-refractivity contribution is 7.17. The van der Waals surface area contributed by atoms with Crippen molar-refractivity contribution in [3.8, 4) is 17.4 Å². The zero-order valence-electron chi connectivity index (χ0n) is 17.7. The molecule has 0 aliphatic carbocycles. The fourth-order valence-corrected chi connectivity index (χ4v) is 3.68. The molecule has 4 aromatic rings. The van der Waals surface area contributed by atoms with E-state index in [1.807, 2.05) is 60.8 Å². The molecule has 4 rings (SSSR count). The molecule has 2 aromatic heterocycles. The lowest BCUT2D eigenvalue weighted by atomic mass is 10.3. The second-order valence-corrected chi connectivity index (χ2v) is 7.69. The molecule has 32 heavy (non-hydrogen) atoms. The smallest absolute Gasteiger partial charge is 0.248 e. The molecule has 0 bridgehead atoms. The first-order valence-corrected chi connectivity index (χ1v) is 10.9. The lowest BCUT2D eigenvalue weighted by molar-refractivity contribution is -0.111. The minimum atomic E-state index is -0.183. The Labute approximate surface area is 189 Å². The summed E-state index contributed by atoms with van der Waals surface area (Å²) in [6.45, 7) is 1.98. The van der Waals surface area contributed by atoms with Crippen LogP contribution < -0.4 is 20.1 Å².